The monoisotopic (exact) mass is 222 g/mol. The van der Waals surface area contributed by atoms with Gasteiger partial charge in [-0.3, -0.25) is 4.68 Å². The van der Waals surface area contributed by atoms with Crippen molar-refractivity contribution in [3.8, 4) is 0 Å². The quantitative estimate of drug-likeness (QED) is 0.735. The first-order valence-electron chi connectivity index (χ1n) is 5.84. The fourth-order valence-electron chi connectivity index (χ4n) is 1.93. The zero-order valence-corrected chi connectivity index (χ0v) is 10.1. The van der Waals surface area contributed by atoms with Crippen LogP contribution in [0, 0.1) is 0 Å². The molecule has 0 spiro atoms. The van der Waals surface area contributed by atoms with E-state index < -0.39 is 0 Å². The summed E-state index contributed by atoms with van der Waals surface area (Å²) in [7, 11) is 1.42. The van der Waals surface area contributed by atoms with E-state index in [0.717, 1.165) is 25.0 Å². The summed E-state index contributed by atoms with van der Waals surface area (Å²) in [5, 5.41) is 4.33. The van der Waals surface area contributed by atoms with E-state index in [-0.39, 0.29) is 5.97 Å². The van der Waals surface area contributed by atoms with Crippen LogP contribution in [0.25, 0.3) is 0 Å². The molecular formula is C12H18N2O2. The van der Waals surface area contributed by atoms with Gasteiger partial charge >= 0.3 is 5.97 Å². The van der Waals surface area contributed by atoms with E-state index in [1.165, 1.54) is 7.11 Å². The van der Waals surface area contributed by atoms with E-state index in [0.29, 0.717) is 17.5 Å². The number of carbonyl (C=O) groups excluding carboxylic acids is 1. The van der Waals surface area contributed by atoms with E-state index >= 15 is 0 Å². The highest BCUT2D eigenvalue weighted by molar-refractivity contribution is 5.90. The first-order chi connectivity index (χ1) is 7.69. The second-order valence-electron chi connectivity index (χ2n) is 4.41. The molecule has 2 rings (SSSR count). The molecule has 1 aliphatic carbocycles. The molecule has 1 aromatic heterocycles. The molecule has 0 radical (unpaired) electrons. The summed E-state index contributed by atoms with van der Waals surface area (Å²) >= 11 is 0. The molecule has 0 aliphatic heterocycles. The summed E-state index contributed by atoms with van der Waals surface area (Å²) in [6.45, 7) is 4.25. The van der Waals surface area contributed by atoms with Gasteiger partial charge < -0.3 is 4.74 Å². The average Bonchev–Trinajstić information content (AvgIpc) is 3.06. The van der Waals surface area contributed by atoms with Gasteiger partial charge in [-0.25, -0.2) is 4.79 Å². The highest BCUT2D eigenvalue weighted by Gasteiger charge is 2.33. The van der Waals surface area contributed by atoms with Gasteiger partial charge in [0.15, 0.2) is 0 Å². The fraction of sp³-hybridized carbons (Fsp3) is 0.667. The third kappa shape index (κ3) is 1.84. The maximum atomic E-state index is 11.6. The molecule has 0 amide bonds. The average molecular weight is 222 g/mol. The van der Waals surface area contributed by atoms with E-state index in [2.05, 4.69) is 18.9 Å². The Labute approximate surface area is 95.6 Å². The molecular weight excluding hydrogens is 204 g/mol. The Morgan fingerprint density at radius 3 is 2.88 bits per heavy atom. The van der Waals surface area contributed by atoms with Crippen molar-refractivity contribution in [2.45, 2.75) is 45.1 Å². The highest BCUT2D eigenvalue weighted by atomic mass is 16.5. The molecule has 1 aliphatic rings. The Morgan fingerprint density at radius 1 is 1.69 bits per heavy atom. The zero-order chi connectivity index (χ0) is 11.7. The summed E-state index contributed by atoms with van der Waals surface area (Å²) in [6.07, 6.45) is 4.98. The van der Waals surface area contributed by atoms with Crippen molar-refractivity contribution in [2.24, 2.45) is 0 Å². The predicted octanol–water partition coefficient (Wildman–Crippen LogP) is 2.52. The fourth-order valence-corrected chi connectivity index (χ4v) is 1.93. The number of rotatable bonds is 4. The van der Waals surface area contributed by atoms with Crippen LogP contribution in [-0.4, -0.2) is 22.9 Å². The molecule has 1 heterocycles. The maximum Gasteiger partial charge on any atom is 0.341 e. The van der Waals surface area contributed by atoms with Gasteiger partial charge in [-0.05, 0) is 26.2 Å². The first kappa shape index (κ1) is 11.2. The van der Waals surface area contributed by atoms with E-state index in [1.54, 1.807) is 6.20 Å². The van der Waals surface area contributed by atoms with Crippen LogP contribution in [0.4, 0.5) is 0 Å². The lowest BCUT2D eigenvalue weighted by molar-refractivity contribution is 0.0599. The SMILES string of the molecule is CCC(C)n1ncc(C(=O)OC)c1C1CC1. The topological polar surface area (TPSA) is 44.1 Å². The number of nitrogens with zero attached hydrogens (tertiary/aromatic N) is 2. The van der Waals surface area contributed by atoms with Crippen molar-refractivity contribution in [1.82, 2.24) is 9.78 Å². The lowest BCUT2D eigenvalue weighted by Gasteiger charge is -2.14. The Kier molecular flexibility index (Phi) is 2.99. The van der Waals surface area contributed by atoms with Crippen molar-refractivity contribution in [2.75, 3.05) is 7.11 Å². The van der Waals surface area contributed by atoms with Crippen molar-refractivity contribution in [3.05, 3.63) is 17.5 Å². The zero-order valence-electron chi connectivity index (χ0n) is 10.1. The number of esters is 1. The number of ether oxygens (including phenoxy) is 1. The molecule has 4 nitrogen and oxygen atoms in total. The lowest BCUT2D eigenvalue weighted by atomic mass is 10.1. The molecule has 0 N–H and O–H groups in total. The molecule has 1 fully saturated rings. The predicted molar refractivity (Wildman–Crippen MR) is 60.5 cm³/mol. The minimum absolute atomic E-state index is 0.267. The summed E-state index contributed by atoms with van der Waals surface area (Å²) in [4.78, 5) is 11.6. The van der Waals surface area contributed by atoms with Crippen LogP contribution < -0.4 is 0 Å². The van der Waals surface area contributed by atoms with E-state index in [9.17, 15) is 4.79 Å². The second-order valence-corrected chi connectivity index (χ2v) is 4.41. The largest absolute Gasteiger partial charge is 0.465 e. The number of hydrogen-bond donors (Lipinski definition) is 0. The molecule has 0 bridgehead atoms. The number of hydrogen-bond acceptors (Lipinski definition) is 3. The van der Waals surface area contributed by atoms with Gasteiger partial charge in [-0.2, -0.15) is 5.10 Å². The standard InChI is InChI=1S/C12H18N2O2/c1-4-8(2)14-11(9-5-6-9)10(7-13-14)12(15)16-3/h7-9H,4-6H2,1-3H3. The maximum absolute atomic E-state index is 11.6. The lowest BCUT2D eigenvalue weighted by Crippen LogP contribution is -2.12. The number of methoxy groups -OCH3 is 1. The number of carbonyl (C=O) groups is 1. The molecule has 1 atom stereocenters. The minimum atomic E-state index is -0.267. The van der Waals surface area contributed by atoms with Gasteiger partial charge in [0.1, 0.15) is 5.56 Å². The molecule has 0 saturated heterocycles. The van der Waals surface area contributed by atoms with Crippen LogP contribution >= 0.6 is 0 Å². The summed E-state index contributed by atoms with van der Waals surface area (Å²) in [6, 6.07) is 0.342. The number of aromatic nitrogens is 2. The van der Waals surface area contributed by atoms with Gasteiger partial charge in [-0.15, -0.1) is 0 Å². The van der Waals surface area contributed by atoms with Gasteiger partial charge in [-0.1, -0.05) is 6.92 Å². The molecule has 4 heteroatoms. The molecule has 1 aromatic rings. The first-order valence-corrected chi connectivity index (χ1v) is 5.84. The third-order valence-corrected chi connectivity index (χ3v) is 3.21. The minimum Gasteiger partial charge on any atom is -0.465 e. The summed E-state index contributed by atoms with van der Waals surface area (Å²) < 4.78 is 6.78. The van der Waals surface area contributed by atoms with E-state index in [4.69, 9.17) is 4.74 Å². The van der Waals surface area contributed by atoms with Crippen molar-refractivity contribution < 1.29 is 9.53 Å². The van der Waals surface area contributed by atoms with E-state index in [1.807, 2.05) is 4.68 Å². The van der Waals surface area contributed by atoms with Crippen LogP contribution in [0.1, 0.15) is 61.1 Å². The van der Waals surface area contributed by atoms with Gasteiger partial charge in [0.25, 0.3) is 0 Å². The van der Waals surface area contributed by atoms with Crippen LogP contribution in [0.5, 0.6) is 0 Å². The summed E-state index contributed by atoms with van der Waals surface area (Å²) in [5.41, 5.74) is 1.71. The Hall–Kier alpha value is -1.32. The summed E-state index contributed by atoms with van der Waals surface area (Å²) in [5.74, 6) is 0.238. The Morgan fingerprint density at radius 2 is 2.38 bits per heavy atom. The molecule has 0 aromatic carbocycles. The van der Waals surface area contributed by atoms with Gasteiger partial charge in [0.2, 0.25) is 0 Å². The van der Waals surface area contributed by atoms with Crippen molar-refractivity contribution in [1.29, 1.82) is 0 Å². The normalized spacial score (nSPS) is 17.2. The highest BCUT2D eigenvalue weighted by Crippen LogP contribution is 2.42. The van der Waals surface area contributed by atoms with Crippen LogP contribution in [0.3, 0.4) is 0 Å². The van der Waals surface area contributed by atoms with Crippen LogP contribution in [0.15, 0.2) is 6.20 Å². The molecule has 1 unspecified atom stereocenters. The molecule has 88 valence electrons. The Balaban J connectivity index is 2.39. The van der Waals surface area contributed by atoms with Crippen molar-refractivity contribution in [3.63, 3.8) is 0 Å². The third-order valence-electron chi connectivity index (χ3n) is 3.21. The molecule has 1 saturated carbocycles. The van der Waals surface area contributed by atoms with Gasteiger partial charge in [0.05, 0.1) is 19.0 Å². The van der Waals surface area contributed by atoms with Crippen LogP contribution in [0.2, 0.25) is 0 Å². The Bertz CT molecular complexity index is 394. The van der Waals surface area contributed by atoms with Gasteiger partial charge in [0, 0.05) is 12.0 Å². The molecule has 16 heavy (non-hydrogen) atoms. The van der Waals surface area contributed by atoms with Crippen molar-refractivity contribution >= 4 is 5.97 Å². The second kappa shape index (κ2) is 4.28. The van der Waals surface area contributed by atoms with Crippen LogP contribution in [-0.2, 0) is 4.74 Å². The smallest absolute Gasteiger partial charge is 0.341 e.